The maximum Gasteiger partial charge on any atom is 0.146 e. The highest BCUT2D eigenvalue weighted by atomic mass is 35.5. The summed E-state index contributed by atoms with van der Waals surface area (Å²) in [6.45, 7) is 5.99. The van der Waals surface area contributed by atoms with E-state index in [0.29, 0.717) is 10.8 Å². The smallest absolute Gasteiger partial charge is 0.146 e. The lowest BCUT2D eigenvalue weighted by Crippen LogP contribution is -2.05. The number of halogens is 1. The fourth-order valence-electron chi connectivity index (χ4n) is 1.67. The second-order valence-corrected chi connectivity index (χ2v) is 5.08. The topological polar surface area (TPSA) is 18.5 Å². The molecule has 0 spiro atoms. The molecule has 2 nitrogen and oxygen atoms in total. The van der Waals surface area contributed by atoms with Crippen molar-refractivity contribution in [1.82, 2.24) is 0 Å². The molecule has 0 aromatic heterocycles. The minimum absolute atomic E-state index is 0.165. The average molecular weight is 277 g/mol. The van der Waals surface area contributed by atoms with Crippen LogP contribution in [-0.2, 0) is 0 Å². The lowest BCUT2D eigenvalue weighted by molar-refractivity contribution is 0.242. The summed E-state index contributed by atoms with van der Waals surface area (Å²) in [7, 11) is 0. The highest BCUT2D eigenvalue weighted by Crippen LogP contribution is 2.30. The van der Waals surface area contributed by atoms with E-state index in [0.717, 1.165) is 17.1 Å². The van der Waals surface area contributed by atoms with Crippen LogP contribution in [0.25, 0.3) is 0 Å². The van der Waals surface area contributed by atoms with E-state index in [2.05, 4.69) is 0 Å². The predicted molar refractivity (Wildman–Crippen MR) is 78.5 cm³/mol. The Bertz CT molecular complexity index is 547. The van der Waals surface area contributed by atoms with E-state index in [1.165, 1.54) is 0 Å². The molecule has 19 heavy (non-hydrogen) atoms. The van der Waals surface area contributed by atoms with Crippen LogP contribution in [0.5, 0.6) is 17.2 Å². The Hall–Kier alpha value is -1.67. The van der Waals surface area contributed by atoms with Crippen LogP contribution in [0.15, 0.2) is 42.5 Å². The monoisotopic (exact) mass is 276 g/mol. The van der Waals surface area contributed by atoms with Gasteiger partial charge < -0.3 is 9.47 Å². The molecule has 0 bridgehead atoms. The normalized spacial score (nSPS) is 10.6. The number of hydrogen-bond donors (Lipinski definition) is 0. The summed E-state index contributed by atoms with van der Waals surface area (Å²) in [5.41, 5.74) is 1.11. The van der Waals surface area contributed by atoms with Gasteiger partial charge in [0, 0.05) is 0 Å². The van der Waals surface area contributed by atoms with Crippen molar-refractivity contribution < 1.29 is 9.47 Å². The zero-order valence-corrected chi connectivity index (χ0v) is 12.1. The Morgan fingerprint density at radius 2 is 1.58 bits per heavy atom. The minimum atomic E-state index is 0.165. The predicted octanol–water partition coefficient (Wildman–Crippen LogP) is 5.23. The fraction of sp³-hybridized carbons (Fsp3) is 0.250. The van der Waals surface area contributed by atoms with E-state index < -0.39 is 0 Å². The summed E-state index contributed by atoms with van der Waals surface area (Å²) in [6, 6.07) is 13.2. The van der Waals surface area contributed by atoms with Gasteiger partial charge in [0.2, 0.25) is 0 Å². The second kappa shape index (κ2) is 5.98. The first-order valence-electron chi connectivity index (χ1n) is 6.25. The largest absolute Gasteiger partial charge is 0.491 e. The van der Waals surface area contributed by atoms with Gasteiger partial charge >= 0.3 is 0 Å². The Morgan fingerprint density at radius 1 is 0.947 bits per heavy atom. The summed E-state index contributed by atoms with van der Waals surface area (Å²) in [5.74, 6) is 2.23. The van der Waals surface area contributed by atoms with E-state index in [4.69, 9.17) is 21.1 Å². The molecule has 0 aliphatic heterocycles. The maximum atomic E-state index is 6.13. The second-order valence-electron chi connectivity index (χ2n) is 4.67. The highest BCUT2D eigenvalue weighted by Gasteiger charge is 2.04. The number of hydrogen-bond acceptors (Lipinski definition) is 2. The van der Waals surface area contributed by atoms with Crippen molar-refractivity contribution in [3.05, 3.63) is 53.1 Å². The first-order chi connectivity index (χ1) is 9.04. The van der Waals surface area contributed by atoms with Gasteiger partial charge in [-0.25, -0.2) is 0 Å². The van der Waals surface area contributed by atoms with Crippen molar-refractivity contribution in [3.63, 3.8) is 0 Å². The molecule has 2 aromatic carbocycles. The molecule has 0 aliphatic rings. The van der Waals surface area contributed by atoms with Gasteiger partial charge in [-0.2, -0.15) is 0 Å². The van der Waals surface area contributed by atoms with Crippen molar-refractivity contribution in [2.24, 2.45) is 0 Å². The van der Waals surface area contributed by atoms with Crippen LogP contribution < -0.4 is 9.47 Å². The van der Waals surface area contributed by atoms with Gasteiger partial charge in [-0.1, -0.05) is 17.7 Å². The molecule has 0 radical (unpaired) electrons. The highest BCUT2D eigenvalue weighted by molar-refractivity contribution is 6.32. The summed E-state index contributed by atoms with van der Waals surface area (Å²) in [5, 5.41) is 0.613. The zero-order chi connectivity index (χ0) is 13.8. The molecule has 100 valence electrons. The van der Waals surface area contributed by atoms with Crippen LogP contribution in [0.1, 0.15) is 19.4 Å². The summed E-state index contributed by atoms with van der Waals surface area (Å²) in [6.07, 6.45) is 0.165. The van der Waals surface area contributed by atoms with Gasteiger partial charge in [0.05, 0.1) is 11.1 Å². The van der Waals surface area contributed by atoms with Crippen LogP contribution in [0.3, 0.4) is 0 Å². The Labute approximate surface area is 118 Å². The summed E-state index contributed by atoms with van der Waals surface area (Å²) in [4.78, 5) is 0. The molecule has 0 atom stereocenters. The van der Waals surface area contributed by atoms with E-state index in [1.54, 1.807) is 0 Å². The number of rotatable bonds is 4. The van der Waals surface area contributed by atoms with Gasteiger partial charge in [-0.15, -0.1) is 0 Å². The van der Waals surface area contributed by atoms with Crippen LogP contribution in [0, 0.1) is 6.92 Å². The quantitative estimate of drug-likeness (QED) is 0.761. The van der Waals surface area contributed by atoms with Gasteiger partial charge in [0.1, 0.15) is 17.2 Å². The molecular weight excluding hydrogens is 260 g/mol. The van der Waals surface area contributed by atoms with Gasteiger partial charge in [-0.3, -0.25) is 0 Å². The third-order valence-electron chi connectivity index (χ3n) is 2.51. The zero-order valence-electron chi connectivity index (χ0n) is 11.3. The Balaban J connectivity index is 2.10. The average Bonchev–Trinajstić information content (AvgIpc) is 2.34. The maximum absolute atomic E-state index is 6.13. The van der Waals surface area contributed by atoms with Gasteiger partial charge in [0.15, 0.2) is 0 Å². The molecule has 0 saturated heterocycles. The van der Waals surface area contributed by atoms with E-state index in [-0.39, 0.29) is 6.10 Å². The molecule has 0 fully saturated rings. The number of ether oxygens (including phenoxy) is 2. The molecule has 0 N–H and O–H groups in total. The van der Waals surface area contributed by atoms with Crippen LogP contribution in [0.2, 0.25) is 5.02 Å². The Morgan fingerprint density at radius 3 is 2.16 bits per heavy atom. The molecule has 3 heteroatoms. The van der Waals surface area contributed by atoms with Crippen LogP contribution in [0.4, 0.5) is 0 Å². The lowest BCUT2D eigenvalue weighted by Gasteiger charge is -2.11. The third kappa shape index (κ3) is 3.90. The first kappa shape index (κ1) is 13.8. The molecule has 0 aliphatic carbocycles. The van der Waals surface area contributed by atoms with Gasteiger partial charge in [0.25, 0.3) is 0 Å². The third-order valence-corrected chi connectivity index (χ3v) is 2.81. The van der Waals surface area contributed by atoms with Crippen molar-refractivity contribution in [3.8, 4) is 17.2 Å². The van der Waals surface area contributed by atoms with E-state index in [1.807, 2.05) is 63.2 Å². The standard InChI is InChI=1S/C16H17ClO2/c1-11(2)18-13-5-7-14(8-6-13)19-16-9-4-12(3)10-15(16)17/h4-11H,1-3H3. The number of aryl methyl sites for hydroxylation is 1. The van der Waals surface area contributed by atoms with Crippen LogP contribution >= 0.6 is 11.6 Å². The van der Waals surface area contributed by atoms with E-state index >= 15 is 0 Å². The molecule has 0 heterocycles. The molecule has 2 aromatic rings. The van der Waals surface area contributed by atoms with Crippen molar-refractivity contribution in [2.75, 3.05) is 0 Å². The van der Waals surface area contributed by atoms with Gasteiger partial charge in [-0.05, 0) is 62.7 Å². The summed E-state index contributed by atoms with van der Waals surface area (Å²) >= 11 is 6.13. The van der Waals surface area contributed by atoms with Crippen molar-refractivity contribution in [2.45, 2.75) is 26.9 Å². The van der Waals surface area contributed by atoms with Crippen LogP contribution in [-0.4, -0.2) is 6.10 Å². The lowest BCUT2D eigenvalue weighted by atomic mass is 10.2. The summed E-state index contributed by atoms with van der Waals surface area (Å²) < 4.78 is 11.3. The molecule has 0 amide bonds. The fourth-order valence-corrected chi connectivity index (χ4v) is 1.95. The van der Waals surface area contributed by atoms with E-state index in [9.17, 15) is 0 Å². The molecular formula is C16H17ClO2. The van der Waals surface area contributed by atoms with Crippen molar-refractivity contribution >= 4 is 11.6 Å². The number of benzene rings is 2. The van der Waals surface area contributed by atoms with Crippen molar-refractivity contribution in [1.29, 1.82) is 0 Å². The first-order valence-corrected chi connectivity index (χ1v) is 6.63. The minimum Gasteiger partial charge on any atom is -0.491 e. The molecule has 0 unspecified atom stereocenters. The Kier molecular flexibility index (Phi) is 4.33. The molecule has 0 saturated carbocycles. The SMILES string of the molecule is Cc1ccc(Oc2ccc(OC(C)C)cc2)c(Cl)c1. The molecule has 2 rings (SSSR count).